The number of amides is 1. The Labute approximate surface area is 165 Å². The molecule has 154 valence electrons. The van der Waals surface area contributed by atoms with Gasteiger partial charge in [0, 0.05) is 6.92 Å². The highest BCUT2D eigenvalue weighted by Gasteiger charge is 2.38. The number of benzene rings is 1. The van der Waals surface area contributed by atoms with Crippen molar-refractivity contribution in [2.45, 2.75) is 63.3 Å². The van der Waals surface area contributed by atoms with E-state index in [1.165, 1.54) is 25.1 Å². The first-order chi connectivity index (χ1) is 12.9. The molecule has 28 heavy (non-hydrogen) atoms. The summed E-state index contributed by atoms with van der Waals surface area (Å²) in [7, 11) is -3.85. The number of sulfonamides is 1. The number of carbonyl (C=O) groups excluding carboxylic acids is 2. The van der Waals surface area contributed by atoms with Crippen LogP contribution in [0.25, 0.3) is 0 Å². The quantitative estimate of drug-likeness (QED) is 0.568. The van der Waals surface area contributed by atoms with Crippen LogP contribution in [0.15, 0.2) is 41.3 Å². The molecule has 1 aliphatic rings. The molecule has 1 aromatic carbocycles. The molecule has 9 heteroatoms. The van der Waals surface area contributed by atoms with Crippen molar-refractivity contribution in [1.29, 1.82) is 0 Å². The maximum Gasteiger partial charge on any atom is 0.408 e. The van der Waals surface area contributed by atoms with Crippen LogP contribution in [0.1, 0.15) is 33.3 Å². The highest BCUT2D eigenvalue weighted by atomic mass is 32.2. The normalized spacial score (nSPS) is 22.0. The Morgan fingerprint density at radius 3 is 2.21 bits per heavy atom. The highest BCUT2D eigenvalue weighted by molar-refractivity contribution is 7.89. The maximum absolute atomic E-state index is 12.7. The van der Waals surface area contributed by atoms with E-state index in [2.05, 4.69) is 10.0 Å². The van der Waals surface area contributed by atoms with Crippen molar-refractivity contribution in [2.24, 2.45) is 0 Å². The number of nitrogens with one attached hydrogen (secondary N) is 2. The van der Waals surface area contributed by atoms with Crippen molar-refractivity contribution in [2.75, 3.05) is 0 Å². The summed E-state index contributed by atoms with van der Waals surface area (Å²) in [5.41, 5.74) is 0.198. The Bertz CT molecular complexity index is 855. The minimum absolute atomic E-state index is 0.0958. The van der Waals surface area contributed by atoms with E-state index in [0.29, 0.717) is 0 Å². The molecule has 0 unspecified atom stereocenters. The van der Waals surface area contributed by atoms with E-state index >= 15 is 0 Å². The van der Waals surface area contributed by atoms with Crippen LogP contribution in [0, 0.1) is 6.92 Å². The lowest BCUT2D eigenvalue weighted by Gasteiger charge is -2.28. The number of hydrogen-bond donors (Lipinski definition) is 2. The molecule has 1 amide bonds. The van der Waals surface area contributed by atoms with Crippen LogP contribution in [0.4, 0.5) is 4.79 Å². The molecular formula is C19H26N2O6S. The molecule has 0 fully saturated rings. The molecule has 0 bridgehead atoms. The maximum atomic E-state index is 12.7. The van der Waals surface area contributed by atoms with Crippen LogP contribution in [-0.4, -0.2) is 44.3 Å². The van der Waals surface area contributed by atoms with Gasteiger partial charge in [-0.05, 0) is 45.9 Å². The zero-order valence-corrected chi connectivity index (χ0v) is 17.4. The number of aryl methyl sites for hydroxylation is 1. The molecule has 0 heterocycles. The van der Waals surface area contributed by atoms with E-state index in [0.717, 1.165) is 5.56 Å². The summed E-state index contributed by atoms with van der Waals surface area (Å²) in [4.78, 5) is 23.6. The van der Waals surface area contributed by atoms with Gasteiger partial charge >= 0.3 is 12.1 Å². The van der Waals surface area contributed by atoms with Gasteiger partial charge in [0.25, 0.3) is 0 Å². The molecule has 0 radical (unpaired) electrons. The largest absolute Gasteiger partial charge is 0.456 e. The van der Waals surface area contributed by atoms with E-state index in [9.17, 15) is 18.0 Å². The van der Waals surface area contributed by atoms with Gasteiger partial charge in [0.05, 0.1) is 17.0 Å². The van der Waals surface area contributed by atoms with Crippen LogP contribution in [0.2, 0.25) is 0 Å². The summed E-state index contributed by atoms with van der Waals surface area (Å²) in [6, 6.07) is 4.71. The number of esters is 1. The van der Waals surface area contributed by atoms with Crippen LogP contribution in [0.3, 0.4) is 0 Å². The molecule has 0 aliphatic heterocycles. The number of carbonyl (C=O) groups is 2. The van der Waals surface area contributed by atoms with Crippen LogP contribution >= 0.6 is 0 Å². The van der Waals surface area contributed by atoms with Crippen molar-refractivity contribution in [3.63, 3.8) is 0 Å². The fraction of sp³-hybridized carbons (Fsp3) is 0.474. The Morgan fingerprint density at radius 2 is 1.68 bits per heavy atom. The smallest absolute Gasteiger partial charge is 0.408 e. The van der Waals surface area contributed by atoms with Crippen molar-refractivity contribution in [3.05, 3.63) is 42.0 Å². The Balaban J connectivity index is 2.20. The van der Waals surface area contributed by atoms with Gasteiger partial charge in [0.15, 0.2) is 0 Å². The average Bonchev–Trinajstić information content (AvgIpc) is 2.86. The summed E-state index contributed by atoms with van der Waals surface area (Å²) >= 11 is 0. The summed E-state index contributed by atoms with van der Waals surface area (Å²) in [5.74, 6) is -0.548. The van der Waals surface area contributed by atoms with Crippen LogP contribution in [0.5, 0.6) is 0 Å². The molecule has 0 saturated carbocycles. The Hall–Kier alpha value is -2.39. The molecular weight excluding hydrogens is 384 g/mol. The first kappa shape index (κ1) is 21.9. The number of rotatable bonds is 5. The van der Waals surface area contributed by atoms with Crippen molar-refractivity contribution < 1.29 is 27.5 Å². The molecule has 3 atom stereocenters. The third-order valence-electron chi connectivity index (χ3n) is 3.86. The summed E-state index contributed by atoms with van der Waals surface area (Å²) in [6.45, 7) is 8.22. The van der Waals surface area contributed by atoms with Crippen molar-refractivity contribution in [3.8, 4) is 0 Å². The monoisotopic (exact) mass is 410 g/mol. The molecule has 1 aromatic rings. The van der Waals surface area contributed by atoms with E-state index in [1.54, 1.807) is 39.0 Å². The van der Waals surface area contributed by atoms with E-state index in [4.69, 9.17) is 9.47 Å². The standard InChI is InChI=1S/C19H26N2O6S/c1-12-6-8-14(9-7-12)28(24,25)21-15-10-11-16(26-13(2)22)17(15)20-18(23)27-19(3,4)5/h6-11,15-17,21H,1-5H3,(H,20,23)/t15-,16-,17+/m1/s1. The number of ether oxygens (including phenoxy) is 2. The lowest BCUT2D eigenvalue weighted by Crippen LogP contribution is -2.54. The topological polar surface area (TPSA) is 111 Å². The van der Waals surface area contributed by atoms with Gasteiger partial charge in [-0.1, -0.05) is 23.8 Å². The third kappa shape index (κ3) is 6.07. The predicted octanol–water partition coefficient (Wildman–Crippen LogP) is 2.04. The number of hydrogen-bond acceptors (Lipinski definition) is 6. The fourth-order valence-electron chi connectivity index (χ4n) is 2.67. The Kier molecular flexibility index (Phi) is 6.51. The predicted molar refractivity (Wildman–Crippen MR) is 103 cm³/mol. The zero-order chi connectivity index (χ0) is 21.1. The first-order valence-electron chi connectivity index (χ1n) is 8.81. The minimum atomic E-state index is -3.85. The van der Waals surface area contributed by atoms with E-state index in [-0.39, 0.29) is 4.90 Å². The minimum Gasteiger partial charge on any atom is -0.456 e. The highest BCUT2D eigenvalue weighted by Crippen LogP contribution is 2.20. The molecule has 8 nitrogen and oxygen atoms in total. The lowest BCUT2D eigenvalue weighted by molar-refractivity contribution is -0.145. The summed E-state index contributed by atoms with van der Waals surface area (Å²) in [6.07, 6.45) is 1.52. The van der Waals surface area contributed by atoms with Gasteiger partial charge in [0.1, 0.15) is 11.7 Å². The van der Waals surface area contributed by atoms with Gasteiger partial charge in [-0.25, -0.2) is 17.9 Å². The summed E-state index contributed by atoms with van der Waals surface area (Å²) in [5, 5.41) is 2.60. The molecule has 2 N–H and O–H groups in total. The van der Waals surface area contributed by atoms with Crippen LogP contribution in [-0.2, 0) is 24.3 Å². The van der Waals surface area contributed by atoms with Gasteiger partial charge in [-0.2, -0.15) is 0 Å². The van der Waals surface area contributed by atoms with Gasteiger partial charge in [-0.3, -0.25) is 4.79 Å². The van der Waals surface area contributed by atoms with Crippen molar-refractivity contribution in [1.82, 2.24) is 10.0 Å². The molecule has 2 rings (SSSR count). The third-order valence-corrected chi connectivity index (χ3v) is 5.33. The van der Waals surface area contributed by atoms with E-state index in [1.807, 2.05) is 6.92 Å². The van der Waals surface area contributed by atoms with E-state index < -0.39 is 45.9 Å². The molecule has 0 saturated heterocycles. The second kappa shape index (κ2) is 8.32. The Morgan fingerprint density at radius 1 is 1.07 bits per heavy atom. The zero-order valence-electron chi connectivity index (χ0n) is 16.6. The van der Waals surface area contributed by atoms with Gasteiger partial charge < -0.3 is 14.8 Å². The molecule has 0 aromatic heterocycles. The van der Waals surface area contributed by atoms with Gasteiger partial charge in [-0.15, -0.1) is 0 Å². The molecule has 1 aliphatic carbocycles. The molecule has 0 spiro atoms. The lowest BCUT2D eigenvalue weighted by atomic mass is 10.1. The van der Waals surface area contributed by atoms with Crippen molar-refractivity contribution >= 4 is 22.1 Å². The second-order valence-electron chi connectivity index (χ2n) is 7.59. The van der Waals surface area contributed by atoms with Crippen LogP contribution < -0.4 is 10.0 Å². The fourth-order valence-corrected chi connectivity index (χ4v) is 3.88. The SMILES string of the molecule is CC(=O)O[C@@H]1C=C[C@@H](NS(=O)(=O)c2ccc(C)cc2)[C@@H]1NC(=O)OC(C)(C)C. The van der Waals surface area contributed by atoms with Gasteiger partial charge in [0.2, 0.25) is 10.0 Å². The summed E-state index contributed by atoms with van der Waals surface area (Å²) < 4.78 is 38.3. The first-order valence-corrected chi connectivity index (χ1v) is 10.3. The second-order valence-corrected chi connectivity index (χ2v) is 9.31. The average molecular weight is 410 g/mol. The number of alkyl carbamates (subject to hydrolysis) is 1.